The smallest absolute Gasteiger partial charge is 0.337 e. The van der Waals surface area contributed by atoms with Gasteiger partial charge in [-0.05, 0) is 62.4 Å². The lowest BCUT2D eigenvalue weighted by molar-refractivity contribution is -0.137. The van der Waals surface area contributed by atoms with Gasteiger partial charge in [0.05, 0.1) is 15.4 Å². The Bertz CT molecular complexity index is 1480. The minimum Gasteiger partial charge on any atom is -0.337 e. The number of nitrogens with one attached hydrogen (secondary N) is 4. The summed E-state index contributed by atoms with van der Waals surface area (Å²) in [6, 6.07) is 16.0. The second kappa shape index (κ2) is 14.8. The summed E-state index contributed by atoms with van der Waals surface area (Å²) in [6.07, 6.45) is -4.49. The van der Waals surface area contributed by atoms with Crippen LogP contribution in [0.1, 0.15) is 16.7 Å². The molecule has 3 aromatic carbocycles. The highest BCUT2D eigenvalue weighted by atomic mass is 32.2. The summed E-state index contributed by atoms with van der Waals surface area (Å²) in [5.41, 5.74) is 1.14. The first kappa shape index (κ1) is 34.0. The van der Waals surface area contributed by atoms with Crippen LogP contribution in [0.15, 0.2) is 82.6 Å². The van der Waals surface area contributed by atoms with Crippen LogP contribution in [0, 0.1) is 13.8 Å². The molecule has 3 rings (SSSR count). The van der Waals surface area contributed by atoms with Gasteiger partial charge in [0.2, 0.25) is 20.0 Å². The molecule has 0 heterocycles. The topological polar surface area (TPSA) is 137 Å². The first-order valence-electron chi connectivity index (χ1n) is 13.2. The molecule has 43 heavy (non-hydrogen) atoms. The molecule has 0 aliphatic rings. The molecule has 234 valence electrons. The third-order valence-corrected chi connectivity index (χ3v) is 9.24. The minimum absolute atomic E-state index is 0.0126. The summed E-state index contributed by atoms with van der Waals surface area (Å²) >= 11 is 0. The Morgan fingerprint density at radius 1 is 0.674 bits per heavy atom. The first-order valence-corrected chi connectivity index (χ1v) is 16.2. The molecule has 0 unspecified atom stereocenters. The van der Waals surface area contributed by atoms with Gasteiger partial charge in [0.25, 0.3) is 0 Å². The standard InChI is InChI=1S/C28H34F3N5O5S2/c1-21-3-11-25(12-4-21)42(38,39)33-16-19-36(20-17-34-43(40,41)26-13-5-22(2)6-14-26)18-15-32-27(37)35-24-9-7-23(8-10-24)28(29,30)31/h3-14,33-34H,15-20H2,1-2H3,(H2,32,35,37). The first-order chi connectivity index (χ1) is 20.2. The number of urea groups is 1. The lowest BCUT2D eigenvalue weighted by Crippen LogP contribution is -2.43. The lowest BCUT2D eigenvalue weighted by Gasteiger charge is -2.23. The predicted octanol–water partition coefficient (Wildman–Crippen LogP) is 3.70. The molecule has 0 fully saturated rings. The number of sulfonamides is 2. The molecule has 0 aliphatic heterocycles. The summed E-state index contributed by atoms with van der Waals surface area (Å²) < 4.78 is 93.9. The van der Waals surface area contributed by atoms with Crippen molar-refractivity contribution in [2.75, 3.05) is 44.6 Å². The quantitative estimate of drug-likeness (QED) is 0.212. The number of rotatable bonds is 14. The van der Waals surface area contributed by atoms with E-state index in [-0.39, 0.29) is 54.7 Å². The zero-order chi connectivity index (χ0) is 31.7. The highest BCUT2D eigenvalue weighted by molar-refractivity contribution is 7.89. The van der Waals surface area contributed by atoms with Gasteiger partial charge in [-0.1, -0.05) is 35.4 Å². The molecule has 0 saturated carbocycles. The third kappa shape index (κ3) is 10.9. The van der Waals surface area contributed by atoms with E-state index in [1.807, 2.05) is 13.8 Å². The van der Waals surface area contributed by atoms with Gasteiger partial charge in [0.15, 0.2) is 0 Å². The molecule has 0 spiro atoms. The van der Waals surface area contributed by atoms with Crippen molar-refractivity contribution in [2.45, 2.75) is 29.8 Å². The number of halogens is 3. The van der Waals surface area contributed by atoms with Crippen LogP contribution in [0.2, 0.25) is 0 Å². The van der Waals surface area contributed by atoms with Crippen molar-refractivity contribution in [2.24, 2.45) is 0 Å². The average Bonchev–Trinajstić information content (AvgIpc) is 2.93. The third-order valence-electron chi connectivity index (χ3n) is 6.29. The van der Waals surface area contributed by atoms with E-state index in [9.17, 15) is 34.8 Å². The average molecular weight is 642 g/mol. The summed E-state index contributed by atoms with van der Waals surface area (Å²) in [4.78, 5) is 14.3. The Kier molecular flexibility index (Phi) is 11.7. The fraction of sp³-hybridized carbons (Fsp3) is 0.321. The maximum atomic E-state index is 12.8. The van der Waals surface area contributed by atoms with E-state index in [0.29, 0.717) is 0 Å². The highest BCUT2D eigenvalue weighted by Gasteiger charge is 2.30. The Labute approximate surface area is 249 Å². The monoisotopic (exact) mass is 641 g/mol. The Hall–Kier alpha value is -3.50. The Balaban J connectivity index is 1.56. The van der Waals surface area contributed by atoms with Crippen molar-refractivity contribution < 1.29 is 34.8 Å². The molecule has 0 saturated heterocycles. The van der Waals surface area contributed by atoms with Gasteiger partial charge < -0.3 is 10.6 Å². The molecule has 0 bridgehead atoms. The van der Waals surface area contributed by atoms with Crippen molar-refractivity contribution in [3.05, 3.63) is 89.5 Å². The number of carbonyl (C=O) groups is 1. The van der Waals surface area contributed by atoms with Crippen molar-refractivity contribution in [1.82, 2.24) is 19.7 Å². The van der Waals surface area contributed by atoms with E-state index in [4.69, 9.17) is 0 Å². The molecule has 0 aliphatic carbocycles. The van der Waals surface area contributed by atoms with Gasteiger partial charge in [0.1, 0.15) is 0 Å². The zero-order valence-electron chi connectivity index (χ0n) is 23.6. The van der Waals surface area contributed by atoms with Crippen LogP contribution >= 0.6 is 0 Å². The van der Waals surface area contributed by atoms with Crippen LogP contribution in [-0.2, 0) is 26.2 Å². The second-order valence-corrected chi connectivity index (χ2v) is 13.3. The van der Waals surface area contributed by atoms with E-state index in [2.05, 4.69) is 20.1 Å². The van der Waals surface area contributed by atoms with Gasteiger partial charge in [0, 0.05) is 45.0 Å². The van der Waals surface area contributed by atoms with Crippen molar-refractivity contribution in [3.8, 4) is 0 Å². The summed E-state index contributed by atoms with van der Waals surface area (Å²) in [5.74, 6) is 0. The number of hydrogen-bond acceptors (Lipinski definition) is 6. The van der Waals surface area contributed by atoms with Crippen molar-refractivity contribution in [3.63, 3.8) is 0 Å². The maximum Gasteiger partial charge on any atom is 0.416 e. The summed E-state index contributed by atoms with van der Waals surface area (Å²) in [6.45, 7) is 4.40. The Morgan fingerprint density at radius 3 is 1.51 bits per heavy atom. The number of anilines is 1. The van der Waals surface area contributed by atoms with Crippen LogP contribution in [0.4, 0.5) is 23.7 Å². The van der Waals surface area contributed by atoms with Crippen LogP contribution in [0.5, 0.6) is 0 Å². The van der Waals surface area contributed by atoms with Crippen LogP contribution < -0.4 is 20.1 Å². The number of amides is 2. The van der Waals surface area contributed by atoms with E-state index >= 15 is 0 Å². The second-order valence-electron chi connectivity index (χ2n) is 9.72. The van der Waals surface area contributed by atoms with Gasteiger partial charge in [-0.3, -0.25) is 4.90 Å². The molecule has 4 N–H and O–H groups in total. The number of aryl methyl sites for hydroxylation is 2. The van der Waals surface area contributed by atoms with Gasteiger partial charge >= 0.3 is 12.2 Å². The Morgan fingerprint density at radius 2 is 1.09 bits per heavy atom. The van der Waals surface area contributed by atoms with Crippen LogP contribution in [0.25, 0.3) is 0 Å². The van der Waals surface area contributed by atoms with Crippen molar-refractivity contribution in [1.29, 1.82) is 0 Å². The number of alkyl halides is 3. The van der Waals surface area contributed by atoms with Gasteiger partial charge in [-0.25, -0.2) is 31.1 Å². The van der Waals surface area contributed by atoms with E-state index in [1.165, 1.54) is 24.3 Å². The maximum absolute atomic E-state index is 12.8. The van der Waals surface area contributed by atoms with Gasteiger partial charge in [-0.15, -0.1) is 0 Å². The number of benzene rings is 3. The number of hydrogen-bond donors (Lipinski definition) is 4. The fourth-order valence-corrected chi connectivity index (χ4v) is 5.90. The minimum atomic E-state index is -4.49. The normalized spacial score (nSPS) is 12.3. The molecule has 0 radical (unpaired) electrons. The zero-order valence-corrected chi connectivity index (χ0v) is 25.2. The number of nitrogens with zero attached hydrogens (tertiary/aromatic N) is 1. The number of carbonyl (C=O) groups excluding carboxylic acids is 1. The van der Waals surface area contributed by atoms with Gasteiger partial charge in [-0.2, -0.15) is 13.2 Å². The summed E-state index contributed by atoms with van der Waals surface area (Å²) in [5, 5.41) is 5.04. The summed E-state index contributed by atoms with van der Waals surface area (Å²) in [7, 11) is -7.55. The SMILES string of the molecule is Cc1ccc(S(=O)(=O)NCCN(CCNC(=O)Nc2ccc(C(F)(F)F)cc2)CCNS(=O)(=O)c2ccc(C)cc2)cc1. The predicted molar refractivity (Wildman–Crippen MR) is 158 cm³/mol. The molecular weight excluding hydrogens is 607 g/mol. The fourth-order valence-electron chi connectivity index (χ4n) is 3.86. The van der Waals surface area contributed by atoms with Crippen molar-refractivity contribution >= 4 is 31.8 Å². The molecule has 2 amide bonds. The van der Waals surface area contributed by atoms with E-state index < -0.39 is 37.8 Å². The lowest BCUT2D eigenvalue weighted by atomic mass is 10.2. The molecular formula is C28H34F3N5O5S2. The van der Waals surface area contributed by atoms with E-state index in [1.54, 1.807) is 29.2 Å². The van der Waals surface area contributed by atoms with Crippen LogP contribution in [-0.4, -0.2) is 67.0 Å². The van der Waals surface area contributed by atoms with E-state index in [0.717, 1.165) is 35.4 Å². The molecule has 0 atom stereocenters. The molecule has 10 nitrogen and oxygen atoms in total. The molecule has 0 aromatic heterocycles. The van der Waals surface area contributed by atoms with Crippen LogP contribution in [0.3, 0.4) is 0 Å². The largest absolute Gasteiger partial charge is 0.416 e. The highest BCUT2D eigenvalue weighted by Crippen LogP contribution is 2.29. The molecule has 15 heteroatoms. The molecule has 3 aromatic rings.